The highest BCUT2D eigenvalue weighted by molar-refractivity contribution is 5.75. The van der Waals surface area contributed by atoms with Crippen molar-refractivity contribution < 1.29 is 4.79 Å². The Hall–Kier alpha value is -3.15. The lowest BCUT2D eigenvalue weighted by Crippen LogP contribution is -2.41. The third-order valence-electron chi connectivity index (χ3n) is 5.83. The predicted octanol–water partition coefficient (Wildman–Crippen LogP) is 4.11. The molecule has 0 radical (unpaired) electrons. The number of nitrogens with zero attached hydrogens (tertiary/aromatic N) is 4. The molecule has 6 heteroatoms. The summed E-state index contributed by atoms with van der Waals surface area (Å²) in [5, 5.41) is 7.84. The minimum absolute atomic E-state index is 0.00265. The van der Waals surface area contributed by atoms with Crippen molar-refractivity contribution in [3.05, 3.63) is 83.4 Å². The highest BCUT2D eigenvalue weighted by Crippen LogP contribution is 2.30. The van der Waals surface area contributed by atoms with Gasteiger partial charge in [-0.3, -0.25) is 9.67 Å². The Morgan fingerprint density at radius 2 is 2.00 bits per heavy atom. The SMILES string of the molecule is CC(c1ccncc1)N(C)C(=O)NC1CCCc2c1cnn2Cc1ccccc1. The largest absolute Gasteiger partial charge is 0.331 e. The van der Waals surface area contributed by atoms with Crippen molar-refractivity contribution in [2.75, 3.05) is 7.05 Å². The third-order valence-corrected chi connectivity index (χ3v) is 5.83. The molecule has 1 aromatic carbocycles. The molecule has 0 bridgehead atoms. The van der Waals surface area contributed by atoms with Gasteiger partial charge in [-0.2, -0.15) is 5.10 Å². The normalized spacial score (nSPS) is 16.7. The van der Waals surface area contributed by atoms with Gasteiger partial charge in [0.25, 0.3) is 0 Å². The van der Waals surface area contributed by atoms with Crippen molar-refractivity contribution in [2.24, 2.45) is 0 Å². The van der Waals surface area contributed by atoms with Crippen molar-refractivity contribution in [3.8, 4) is 0 Å². The third kappa shape index (κ3) is 4.16. The Balaban J connectivity index is 1.46. The molecule has 2 heterocycles. The first-order valence-electron chi connectivity index (χ1n) is 10.1. The molecule has 2 atom stereocenters. The fourth-order valence-corrected chi connectivity index (χ4v) is 3.95. The molecule has 1 aliphatic rings. The quantitative estimate of drug-likeness (QED) is 0.714. The molecule has 29 heavy (non-hydrogen) atoms. The average Bonchev–Trinajstić information content (AvgIpc) is 3.18. The Labute approximate surface area is 171 Å². The minimum atomic E-state index is -0.0667. The van der Waals surface area contributed by atoms with Crippen LogP contribution in [0.25, 0.3) is 0 Å². The maximum absolute atomic E-state index is 12.9. The molecule has 1 aliphatic carbocycles. The topological polar surface area (TPSA) is 63.1 Å². The van der Waals surface area contributed by atoms with Crippen molar-refractivity contribution in [2.45, 2.75) is 44.8 Å². The van der Waals surface area contributed by atoms with E-state index in [-0.39, 0.29) is 18.1 Å². The van der Waals surface area contributed by atoms with E-state index < -0.39 is 0 Å². The number of nitrogens with one attached hydrogen (secondary N) is 1. The van der Waals surface area contributed by atoms with Gasteiger partial charge in [-0.15, -0.1) is 0 Å². The molecule has 2 aromatic heterocycles. The Bertz CT molecular complexity index is 954. The number of rotatable bonds is 5. The molecule has 1 N–H and O–H groups in total. The number of benzene rings is 1. The number of hydrogen-bond acceptors (Lipinski definition) is 3. The highest BCUT2D eigenvalue weighted by Gasteiger charge is 2.27. The molecule has 0 fully saturated rings. The van der Waals surface area contributed by atoms with E-state index >= 15 is 0 Å². The van der Waals surface area contributed by atoms with Crippen LogP contribution in [0.4, 0.5) is 4.79 Å². The van der Waals surface area contributed by atoms with E-state index in [2.05, 4.69) is 32.2 Å². The first-order chi connectivity index (χ1) is 14.1. The van der Waals surface area contributed by atoms with Crippen molar-refractivity contribution in [1.82, 2.24) is 25.0 Å². The van der Waals surface area contributed by atoms with Crippen LogP contribution in [0.15, 0.2) is 61.1 Å². The molecule has 3 aromatic rings. The second-order valence-corrected chi connectivity index (χ2v) is 7.65. The van der Waals surface area contributed by atoms with Gasteiger partial charge in [-0.25, -0.2) is 4.79 Å². The summed E-state index contributed by atoms with van der Waals surface area (Å²) >= 11 is 0. The first kappa shape index (κ1) is 19.2. The molecule has 2 unspecified atom stereocenters. The van der Waals surface area contributed by atoms with E-state index in [0.717, 1.165) is 36.9 Å². The predicted molar refractivity (Wildman–Crippen MR) is 112 cm³/mol. The van der Waals surface area contributed by atoms with Crippen LogP contribution in [-0.4, -0.2) is 32.7 Å². The van der Waals surface area contributed by atoms with Crippen LogP contribution in [0.5, 0.6) is 0 Å². The van der Waals surface area contributed by atoms with Gasteiger partial charge in [0.15, 0.2) is 0 Å². The maximum Gasteiger partial charge on any atom is 0.318 e. The van der Waals surface area contributed by atoms with Gasteiger partial charge in [0.05, 0.1) is 24.8 Å². The van der Waals surface area contributed by atoms with Gasteiger partial charge in [-0.1, -0.05) is 30.3 Å². The van der Waals surface area contributed by atoms with E-state index in [9.17, 15) is 4.79 Å². The summed E-state index contributed by atoms with van der Waals surface area (Å²) in [6.45, 7) is 2.79. The summed E-state index contributed by atoms with van der Waals surface area (Å²) in [5.41, 5.74) is 4.67. The molecule has 6 nitrogen and oxygen atoms in total. The number of hydrogen-bond donors (Lipinski definition) is 1. The fourth-order valence-electron chi connectivity index (χ4n) is 3.95. The molecule has 0 saturated carbocycles. The zero-order valence-electron chi connectivity index (χ0n) is 17.0. The van der Waals surface area contributed by atoms with E-state index in [0.29, 0.717) is 0 Å². The average molecular weight is 390 g/mol. The summed E-state index contributed by atoms with van der Waals surface area (Å²) in [6, 6.07) is 14.2. The van der Waals surface area contributed by atoms with Gasteiger partial charge in [0.1, 0.15) is 0 Å². The summed E-state index contributed by atoms with van der Waals surface area (Å²) in [6.07, 6.45) is 8.42. The van der Waals surface area contributed by atoms with E-state index in [4.69, 9.17) is 0 Å². The van der Waals surface area contributed by atoms with Gasteiger partial charge in [-0.05, 0) is 49.4 Å². The Kier molecular flexibility index (Phi) is 5.60. The smallest absolute Gasteiger partial charge is 0.318 e. The molecular weight excluding hydrogens is 362 g/mol. The van der Waals surface area contributed by atoms with E-state index in [1.165, 1.54) is 11.3 Å². The van der Waals surface area contributed by atoms with Crippen LogP contribution in [0.1, 0.15) is 54.2 Å². The van der Waals surface area contributed by atoms with Crippen LogP contribution < -0.4 is 5.32 Å². The van der Waals surface area contributed by atoms with Crippen LogP contribution in [-0.2, 0) is 13.0 Å². The molecule has 4 rings (SSSR count). The van der Waals surface area contributed by atoms with Crippen molar-refractivity contribution in [3.63, 3.8) is 0 Å². The second-order valence-electron chi connectivity index (χ2n) is 7.65. The number of carbonyl (C=O) groups is 1. The Morgan fingerprint density at radius 1 is 1.24 bits per heavy atom. The first-order valence-corrected chi connectivity index (χ1v) is 10.1. The molecular formula is C23H27N5O. The van der Waals surface area contributed by atoms with E-state index in [1.807, 2.05) is 50.5 Å². The molecule has 2 amide bonds. The van der Waals surface area contributed by atoms with Gasteiger partial charge in [0.2, 0.25) is 0 Å². The number of amides is 2. The number of aromatic nitrogens is 3. The zero-order valence-corrected chi connectivity index (χ0v) is 17.0. The summed E-state index contributed by atoms with van der Waals surface area (Å²) in [5.74, 6) is 0. The lowest BCUT2D eigenvalue weighted by atomic mass is 9.93. The van der Waals surface area contributed by atoms with Crippen LogP contribution in [0.2, 0.25) is 0 Å². The molecule has 0 aliphatic heterocycles. The van der Waals surface area contributed by atoms with Crippen LogP contribution in [0.3, 0.4) is 0 Å². The Morgan fingerprint density at radius 3 is 2.76 bits per heavy atom. The van der Waals surface area contributed by atoms with E-state index in [1.54, 1.807) is 17.3 Å². The minimum Gasteiger partial charge on any atom is -0.331 e. The summed E-state index contributed by atoms with van der Waals surface area (Å²) < 4.78 is 2.08. The van der Waals surface area contributed by atoms with Crippen LogP contribution >= 0.6 is 0 Å². The molecule has 0 spiro atoms. The number of fused-ring (bicyclic) bond motifs is 1. The zero-order chi connectivity index (χ0) is 20.2. The van der Waals surface area contributed by atoms with Crippen molar-refractivity contribution >= 4 is 6.03 Å². The highest BCUT2D eigenvalue weighted by atomic mass is 16.2. The monoisotopic (exact) mass is 389 g/mol. The number of carbonyl (C=O) groups excluding carboxylic acids is 1. The van der Waals surface area contributed by atoms with Gasteiger partial charge < -0.3 is 10.2 Å². The number of urea groups is 1. The van der Waals surface area contributed by atoms with Crippen molar-refractivity contribution in [1.29, 1.82) is 0 Å². The molecule has 0 saturated heterocycles. The van der Waals surface area contributed by atoms with Gasteiger partial charge in [0, 0.05) is 30.7 Å². The van der Waals surface area contributed by atoms with Gasteiger partial charge >= 0.3 is 6.03 Å². The fraction of sp³-hybridized carbons (Fsp3) is 0.348. The second kappa shape index (κ2) is 8.47. The standard InChI is InChI=1S/C23H27N5O/c1-17(19-11-13-24-14-12-19)27(2)23(29)26-21-9-6-10-22-20(21)15-25-28(22)16-18-7-4-3-5-8-18/h3-5,7-8,11-15,17,21H,6,9-10,16H2,1-2H3,(H,26,29). The summed E-state index contributed by atoms with van der Waals surface area (Å²) in [4.78, 5) is 18.7. The summed E-state index contributed by atoms with van der Waals surface area (Å²) in [7, 11) is 1.84. The maximum atomic E-state index is 12.9. The number of pyridine rings is 1. The molecule has 150 valence electrons. The lowest BCUT2D eigenvalue weighted by Gasteiger charge is -2.30. The lowest BCUT2D eigenvalue weighted by molar-refractivity contribution is 0.189. The van der Waals surface area contributed by atoms with Crippen LogP contribution in [0, 0.1) is 0 Å².